The average molecular weight is 909 g/mol. The van der Waals surface area contributed by atoms with E-state index < -0.39 is 15.8 Å². The quantitative estimate of drug-likeness (QED) is 0.116. The minimum absolute atomic E-state index is 0.163. The summed E-state index contributed by atoms with van der Waals surface area (Å²) in [5, 5.41) is 1.60. The van der Waals surface area contributed by atoms with Crippen molar-refractivity contribution in [2.24, 2.45) is 11.5 Å². The number of ether oxygens (including phenoxy) is 1. The molecule has 58 heavy (non-hydrogen) atoms. The number of rotatable bonds is 7. The second kappa shape index (κ2) is 30.6. The Hall–Kier alpha value is -6.62. The third-order valence-electron chi connectivity index (χ3n) is 6.83. The minimum atomic E-state index is -1.82. The number of halogens is 2. The third kappa shape index (κ3) is 18.3. The number of hydrogen-bond donors (Lipinski definition) is 2. The van der Waals surface area contributed by atoms with Gasteiger partial charge in [-0.3, -0.25) is 0 Å². The van der Waals surface area contributed by atoms with Gasteiger partial charge >= 0.3 is 34.5 Å². The topological polar surface area (TPSA) is 61.3 Å². The number of hydrogen-bond acceptors (Lipinski definition) is 3. The molecule has 2 atom stereocenters. The van der Waals surface area contributed by atoms with Crippen LogP contribution in [0.5, 0.6) is 11.5 Å². The van der Waals surface area contributed by atoms with Crippen LogP contribution in [0.4, 0.5) is 0 Å². The Morgan fingerprint density at radius 3 is 1.00 bits per heavy atom. The van der Waals surface area contributed by atoms with Crippen LogP contribution in [0.25, 0.3) is 0 Å². The molecular weight excluding hydrogens is 878 g/mol. The van der Waals surface area contributed by atoms with E-state index >= 15 is 0 Å². The number of benzene rings is 4. The van der Waals surface area contributed by atoms with Gasteiger partial charge in [0.15, 0.2) is 38.0 Å². The van der Waals surface area contributed by atoms with Crippen LogP contribution >= 0.6 is 35.2 Å². The van der Waals surface area contributed by atoms with Gasteiger partial charge in [-0.15, -0.1) is 25.7 Å². The van der Waals surface area contributed by atoms with Crippen molar-refractivity contribution in [1.29, 1.82) is 0 Å². The first kappa shape index (κ1) is 47.5. The molecule has 0 fully saturated rings. The second-order valence-corrected chi connectivity index (χ2v) is 16.6. The summed E-state index contributed by atoms with van der Waals surface area (Å²) >= 11 is -0.346. The molecule has 0 aromatic heterocycles. The summed E-state index contributed by atoms with van der Waals surface area (Å²) in [6.07, 6.45) is 20.8. The van der Waals surface area contributed by atoms with Crippen LogP contribution in [0, 0.1) is 143 Å². The van der Waals surface area contributed by atoms with E-state index in [-0.39, 0.29) is 27.2 Å². The van der Waals surface area contributed by atoms with Crippen molar-refractivity contribution < 1.29 is 19.9 Å². The van der Waals surface area contributed by atoms with Crippen LogP contribution in [-0.2, 0) is 15.1 Å². The first-order valence-electron chi connectivity index (χ1n) is 16.4. The van der Waals surface area contributed by atoms with Crippen molar-refractivity contribution in [2.45, 2.75) is 12.1 Å². The summed E-state index contributed by atoms with van der Waals surface area (Å²) in [4.78, 5) is 0. The maximum absolute atomic E-state index is 6.42. The van der Waals surface area contributed by atoms with E-state index in [2.05, 4.69) is 117 Å². The zero-order chi connectivity index (χ0) is 42.1. The Kier molecular flexibility index (Phi) is 25.1. The van der Waals surface area contributed by atoms with Gasteiger partial charge in [0.2, 0.25) is 0 Å². The number of para-hydroxylation sites is 2. The van der Waals surface area contributed by atoms with Gasteiger partial charge in [0, 0.05) is 59.4 Å². The van der Waals surface area contributed by atoms with Crippen LogP contribution in [0.3, 0.4) is 0 Å². The van der Waals surface area contributed by atoms with Crippen LogP contribution in [0.15, 0.2) is 109 Å². The van der Waals surface area contributed by atoms with Crippen LogP contribution < -0.4 is 26.8 Å². The molecule has 2 unspecified atom stereocenters. The van der Waals surface area contributed by atoms with Crippen LogP contribution in [0.1, 0.15) is 23.2 Å². The fourth-order valence-electron chi connectivity index (χ4n) is 4.38. The summed E-state index contributed by atoms with van der Waals surface area (Å²) in [7, 11) is 6.08. The first-order chi connectivity index (χ1) is 28.4. The molecule has 4 aromatic carbocycles. The molecule has 0 spiro atoms. The van der Waals surface area contributed by atoms with Crippen molar-refractivity contribution in [1.82, 2.24) is 0 Å². The zero-order valence-electron chi connectivity index (χ0n) is 30.5. The molecule has 0 aliphatic carbocycles. The molecule has 4 rings (SSSR count). The molecular formula is C50H30Cl2N2OP2Ru+4. The Morgan fingerprint density at radius 2 is 0.707 bits per heavy atom. The predicted molar refractivity (Wildman–Crippen MR) is 245 cm³/mol. The molecule has 0 heterocycles. The number of nitrogens with two attached hydrogens (primary N) is 2. The predicted octanol–water partition coefficient (Wildman–Crippen LogP) is 7.31. The first-order valence-corrected chi connectivity index (χ1v) is 23.9. The van der Waals surface area contributed by atoms with Gasteiger partial charge in [-0.1, -0.05) is 84.9 Å². The van der Waals surface area contributed by atoms with Gasteiger partial charge in [0.1, 0.15) is 22.6 Å². The van der Waals surface area contributed by atoms with E-state index in [1.165, 1.54) is 0 Å². The molecule has 8 heteroatoms. The molecule has 274 valence electrons. The van der Waals surface area contributed by atoms with E-state index in [1.807, 2.05) is 109 Å². The van der Waals surface area contributed by atoms with Gasteiger partial charge in [-0.05, 0) is 82.8 Å². The van der Waals surface area contributed by atoms with Crippen molar-refractivity contribution in [3.05, 3.63) is 120 Å². The second-order valence-electron chi connectivity index (χ2n) is 10.3. The monoisotopic (exact) mass is 908 g/mol. The van der Waals surface area contributed by atoms with Gasteiger partial charge in [-0.25, -0.2) is 0 Å². The molecule has 3 nitrogen and oxygen atoms in total. The van der Waals surface area contributed by atoms with Crippen LogP contribution in [-0.4, -0.2) is 0 Å². The SMILES string of the molecule is C#CC#CC#C[PH+](C#CC#CC#C)c1ccccc1Oc1ccccc1[PH+](C#CC#CC#C)C#CC#CC#C.NC(c1ccccc1)C(N)c1ccccc1.[Cl][Ru+2][Cl]. The summed E-state index contributed by atoms with van der Waals surface area (Å²) in [5.41, 5.74) is 26.8. The molecule has 0 aliphatic heterocycles. The van der Waals surface area contributed by atoms with Gasteiger partial charge < -0.3 is 16.2 Å². The summed E-state index contributed by atoms with van der Waals surface area (Å²) < 4.78 is 6.42. The molecule has 0 saturated carbocycles. The summed E-state index contributed by atoms with van der Waals surface area (Å²) in [6.45, 7) is 0. The van der Waals surface area contributed by atoms with E-state index in [9.17, 15) is 0 Å². The van der Waals surface area contributed by atoms with E-state index in [1.54, 1.807) is 0 Å². The molecule has 0 aliphatic rings. The van der Waals surface area contributed by atoms with Gasteiger partial charge in [0.25, 0.3) is 0 Å². The Balaban J connectivity index is 0.000000501. The number of terminal acetylenes is 4. The average Bonchev–Trinajstić information content (AvgIpc) is 3.26. The van der Waals surface area contributed by atoms with Crippen molar-refractivity contribution in [2.75, 3.05) is 0 Å². The molecule has 0 radical (unpaired) electrons. The van der Waals surface area contributed by atoms with E-state index in [0.29, 0.717) is 11.5 Å². The summed E-state index contributed by atoms with van der Waals surface area (Å²) in [5.74, 6) is 41.5. The Bertz CT molecular complexity index is 2420. The molecule has 0 saturated heterocycles. The fourth-order valence-corrected chi connectivity index (χ4v) is 7.09. The van der Waals surface area contributed by atoms with Crippen molar-refractivity contribution in [3.63, 3.8) is 0 Å². The van der Waals surface area contributed by atoms with Gasteiger partial charge in [-0.2, -0.15) is 0 Å². The Morgan fingerprint density at radius 1 is 0.431 bits per heavy atom. The Labute approximate surface area is 361 Å². The normalized spacial score (nSPS) is 9.14. The zero-order valence-corrected chi connectivity index (χ0v) is 35.8. The van der Waals surface area contributed by atoms with Crippen LogP contribution in [0.2, 0.25) is 0 Å². The summed E-state index contributed by atoms with van der Waals surface area (Å²) in [6, 6.07) is 34.5. The standard InChI is InChI=1S/C36H12OP2.C14H16N2.2ClH.Ru/c1-5-9-13-21-29-38(30-22-14-10-6-2)35-27-19-17-25-33(35)37-34-26-18-20-28-36(34)39(31-23-15-11-7-3)32-24-16-12-8-4;15-13(11-7-3-1-4-8-11)14(16)12-9-5-2-6-10-12;;;/h1-4,17-20,25-28H;1-10,13-14H,15-16H2;2*1H;/q;;;;+4. The third-order valence-corrected chi connectivity index (χ3v) is 10.2. The molecule has 0 bridgehead atoms. The molecule has 4 N–H and O–H groups in total. The van der Waals surface area contributed by atoms with E-state index in [0.717, 1.165) is 21.7 Å². The molecule has 0 amide bonds. The van der Waals surface area contributed by atoms with Crippen molar-refractivity contribution >= 4 is 45.8 Å². The van der Waals surface area contributed by atoms with Crippen molar-refractivity contribution in [3.8, 4) is 155 Å². The van der Waals surface area contributed by atoms with E-state index in [4.69, 9.17) is 61.3 Å². The fraction of sp³-hybridized carbons (Fsp3) is 0.0400. The maximum atomic E-state index is 6.42. The van der Waals surface area contributed by atoms with Gasteiger partial charge in [0.05, 0.1) is 0 Å². The molecule has 4 aromatic rings.